The molecule has 2 aromatic rings. The van der Waals surface area contributed by atoms with Crippen LogP contribution in [0.4, 0.5) is 0 Å². The first-order valence-electron chi connectivity index (χ1n) is 9.05. The van der Waals surface area contributed by atoms with Gasteiger partial charge in [0.1, 0.15) is 0 Å². The summed E-state index contributed by atoms with van der Waals surface area (Å²) >= 11 is 0. The van der Waals surface area contributed by atoms with Crippen molar-refractivity contribution in [1.82, 2.24) is 24.4 Å². The average molecular weight is 339 g/mol. The molecule has 2 bridgehead atoms. The van der Waals surface area contributed by atoms with E-state index in [0.29, 0.717) is 13.0 Å². The van der Waals surface area contributed by atoms with E-state index in [1.165, 1.54) is 5.69 Å². The van der Waals surface area contributed by atoms with Gasteiger partial charge in [-0.3, -0.25) is 9.59 Å². The fraction of sp³-hybridized carbons (Fsp3) is 0.556. The SMILES string of the molecule is Cc1cc2ncc3c(n2n1)C[C@H]1CC[C@H]3N1C(=O)CN1CCCC1=O. The molecule has 130 valence electrons. The summed E-state index contributed by atoms with van der Waals surface area (Å²) in [5, 5.41) is 4.58. The molecule has 0 aromatic carbocycles. The third-order valence-corrected chi connectivity index (χ3v) is 5.81. The van der Waals surface area contributed by atoms with Crippen LogP contribution in [0.2, 0.25) is 0 Å². The summed E-state index contributed by atoms with van der Waals surface area (Å²) in [7, 11) is 0. The Morgan fingerprint density at radius 1 is 1.36 bits per heavy atom. The van der Waals surface area contributed by atoms with Crippen LogP contribution in [0.25, 0.3) is 5.65 Å². The maximum absolute atomic E-state index is 12.9. The summed E-state index contributed by atoms with van der Waals surface area (Å²) in [4.78, 5) is 33.0. The zero-order valence-electron chi connectivity index (χ0n) is 14.3. The number of nitrogens with zero attached hydrogens (tertiary/aromatic N) is 5. The molecular weight excluding hydrogens is 318 g/mol. The van der Waals surface area contributed by atoms with Crippen molar-refractivity contribution in [2.24, 2.45) is 0 Å². The highest BCUT2D eigenvalue weighted by atomic mass is 16.2. The fourth-order valence-electron chi connectivity index (χ4n) is 4.70. The van der Waals surface area contributed by atoms with E-state index in [1.54, 1.807) is 4.90 Å². The molecule has 0 radical (unpaired) electrons. The number of aryl methyl sites for hydroxylation is 1. The normalized spacial score (nSPS) is 25.1. The van der Waals surface area contributed by atoms with E-state index < -0.39 is 0 Å². The Morgan fingerprint density at radius 2 is 2.24 bits per heavy atom. The number of carbonyl (C=O) groups excluding carboxylic acids is 2. The minimum Gasteiger partial charge on any atom is -0.333 e. The lowest BCUT2D eigenvalue weighted by Gasteiger charge is -2.37. The molecule has 3 aliphatic rings. The van der Waals surface area contributed by atoms with E-state index in [-0.39, 0.29) is 30.4 Å². The van der Waals surface area contributed by atoms with Gasteiger partial charge >= 0.3 is 0 Å². The molecule has 2 aromatic heterocycles. The third-order valence-electron chi connectivity index (χ3n) is 5.81. The van der Waals surface area contributed by atoms with Crippen molar-refractivity contribution in [1.29, 1.82) is 0 Å². The lowest BCUT2D eigenvalue weighted by atomic mass is 9.99. The topological polar surface area (TPSA) is 70.8 Å². The molecule has 5 rings (SSSR count). The molecule has 2 atom stereocenters. The first-order chi connectivity index (χ1) is 12.1. The van der Waals surface area contributed by atoms with E-state index in [1.807, 2.05) is 28.6 Å². The van der Waals surface area contributed by atoms with Crippen molar-refractivity contribution >= 4 is 17.5 Å². The van der Waals surface area contributed by atoms with E-state index in [4.69, 9.17) is 0 Å². The Labute approximate surface area is 145 Å². The molecule has 0 saturated carbocycles. The average Bonchev–Trinajstić information content (AvgIpc) is 3.25. The number of hydrogen-bond donors (Lipinski definition) is 0. The molecule has 7 heteroatoms. The monoisotopic (exact) mass is 339 g/mol. The predicted molar refractivity (Wildman–Crippen MR) is 89.9 cm³/mol. The van der Waals surface area contributed by atoms with Crippen LogP contribution in [0.15, 0.2) is 12.3 Å². The van der Waals surface area contributed by atoms with Gasteiger partial charge in [0, 0.05) is 43.3 Å². The van der Waals surface area contributed by atoms with Crippen molar-refractivity contribution in [2.45, 2.75) is 51.1 Å². The number of fused-ring (bicyclic) bond motifs is 6. The molecule has 5 heterocycles. The van der Waals surface area contributed by atoms with Crippen molar-refractivity contribution in [3.63, 3.8) is 0 Å². The second-order valence-corrected chi connectivity index (χ2v) is 7.39. The zero-order chi connectivity index (χ0) is 17.1. The van der Waals surface area contributed by atoms with Gasteiger partial charge in [0.2, 0.25) is 11.8 Å². The Kier molecular flexibility index (Phi) is 3.14. The van der Waals surface area contributed by atoms with Gasteiger partial charge in [-0.15, -0.1) is 0 Å². The zero-order valence-corrected chi connectivity index (χ0v) is 14.3. The highest BCUT2D eigenvalue weighted by Crippen LogP contribution is 2.43. The lowest BCUT2D eigenvalue weighted by Crippen LogP contribution is -2.47. The van der Waals surface area contributed by atoms with Gasteiger partial charge in [0.15, 0.2) is 5.65 Å². The minimum atomic E-state index is 0.0698. The number of carbonyl (C=O) groups is 2. The van der Waals surface area contributed by atoms with Crippen LogP contribution in [-0.2, 0) is 16.0 Å². The van der Waals surface area contributed by atoms with Crippen molar-refractivity contribution in [3.05, 3.63) is 29.2 Å². The summed E-state index contributed by atoms with van der Waals surface area (Å²) in [6.45, 7) is 2.90. The van der Waals surface area contributed by atoms with Gasteiger partial charge in [0.25, 0.3) is 0 Å². The van der Waals surface area contributed by atoms with Crippen molar-refractivity contribution in [2.75, 3.05) is 13.1 Å². The number of likely N-dealkylation sites (tertiary alicyclic amines) is 1. The maximum atomic E-state index is 12.9. The molecule has 25 heavy (non-hydrogen) atoms. The number of rotatable bonds is 2. The van der Waals surface area contributed by atoms with Crippen molar-refractivity contribution < 1.29 is 9.59 Å². The summed E-state index contributed by atoms with van der Waals surface area (Å²) in [5.74, 6) is 0.179. The first kappa shape index (κ1) is 14.9. The van der Waals surface area contributed by atoms with Crippen LogP contribution in [0.5, 0.6) is 0 Å². The summed E-state index contributed by atoms with van der Waals surface area (Å²) in [6, 6.07) is 2.26. The minimum absolute atomic E-state index is 0.0698. The van der Waals surface area contributed by atoms with Crippen LogP contribution in [0.3, 0.4) is 0 Å². The molecule has 3 aliphatic heterocycles. The predicted octanol–water partition coefficient (Wildman–Crippen LogP) is 1.25. The Hall–Kier alpha value is -2.44. The van der Waals surface area contributed by atoms with Gasteiger partial charge < -0.3 is 9.80 Å². The van der Waals surface area contributed by atoms with Crippen LogP contribution < -0.4 is 0 Å². The number of aromatic nitrogens is 3. The molecule has 2 saturated heterocycles. The number of amides is 2. The van der Waals surface area contributed by atoms with Gasteiger partial charge in [-0.2, -0.15) is 5.10 Å². The number of hydrogen-bond acceptors (Lipinski definition) is 4. The van der Waals surface area contributed by atoms with E-state index in [2.05, 4.69) is 10.1 Å². The second-order valence-electron chi connectivity index (χ2n) is 7.39. The van der Waals surface area contributed by atoms with Gasteiger partial charge in [-0.25, -0.2) is 9.50 Å². The molecule has 0 unspecified atom stereocenters. The molecule has 0 aliphatic carbocycles. The maximum Gasteiger partial charge on any atom is 0.242 e. The Morgan fingerprint density at radius 3 is 3.04 bits per heavy atom. The first-order valence-corrected chi connectivity index (χ1v) is 9.05. The van der Waals surface area contributed by atoms with E-state index in [9.17, 15) is 9.59 Å². The van der Waals surface area contributed by atoms with Crippen LogP contribution in [0, 0.1) is 6.92 Å². The second kappa shape index (κ2) is 5.28. The summed E-state index contributed by atoms with van der Waals surface area (Å²) < 4.78 is 1.95. The molecular formula is C18H21N5O2. The molecule has 7 nitrogen and oxygen atoms in total. The van der Waals surface area contributed by atoms with Crippen LogP contribution >= 0.6 is 0 Å². The third kappa shape index (κ3) is 2.18. The highest BCUT2D eigenvalue weighted by molar-refractivity contribution is 5.86. The molecule has 2 amide bonds. The van der Waals surface area contributed by atoms with Crippen LogP contribution in [0.1, 0.15) is 48.7 Å². The highest BCUT2D eigenvalue weighted by Gasteiger charge is 2.44. The smallest absolute Gasteiger partial charge is 0.242 e. The van der Waals surface area contributed by atoms with E-state index >= 15 is 0 Å². The van der Waals surface area contributed by atoms with Crippen LogP contribution in [-0.4, -0.2) is 55.3 Å². The molecule has 0 spiro atoms. The van der Waals surface area contributed by atoms with Crippen molar-refractivity contribution in [3.8, 4) is 0 Å². The van der Waals surface area contributed by atoms with E-state index in [0.717, 1.165) is 42.6 Å². The van der Waals surface area contributed by atoms with Gasteiger partial charge in [-0.05, 0) is 26.2 Å². The Balaban J connectivity index is 1.48. The standard InChI is InChI=1S/C18H21N5O2/c1-11-7-16-19-9-13-14-5-4-12(8-15(13)23(16)20-11)22(14)18(25)10-21-6-2-3-17(21)24/h7,9,12,14H,2-6,8,10H2,1H3/t12-,14-/m1/s1. The Bertz CT molecular complexity index is 889. The molecule has 2 fully saturated rings. The lowest BCUT2D eigenvalue weighted by molar-refractivity contribution is -0.140. The quantitative estimate of drug-likeness (QED) is 0.826. The van der Waals surface area contributed by atoms with Gasteiger partial charge in [-0.1, -0.05) is 0 Å². The van der Waals surface area contributed by atoms with Gasteiger partial charge in [0.05, 0.1) is 24.0 Å². The molecule has 0 N–H and O–H groups in total. The fourth-order valence-corrected chi connectivity index (χ4v) is 4.70. The summed E-state index contributed by atoms with van der Waals surface area (Å²) in [6.07, 6.45) is 6.13. The summed E-state index contributed by atoms with van der Waals surface area (Å²) in [5.41, 5.74) is 4.13. The largest absolute Gasteiger partial charge is 0.333 e.